The lowest BCUT2D eigenvalue weighted by molar-refractivity contribution is 0.0601. The molecule has 0 saturated heterocycles. The lowest BCUT2D eigenvalue weighted by Gasteiger charge is -2.19. The van der Waals surface area contributed by atoms with E-state index < -0.39 is 5.97 Å². The highest BCUT2D eigenvalue weighted by Crippen LogP contribution is 2.29. The van der Waals surface area contributed by atoms with Crippen LogP contribution in [0.5, 0.6) is 5.75 Å². The number of rotatable bonds is 4. The third-order valence-corrected chi connectivity index (χ3v) is 3.90. The molecule has 0 atom stereocenters. The topological polar surface area (TPSA) is 55.8 Å². The van der Waals surface area contributed by atoms with Crippen LogP contribution in [0.15, 0.2) is 35.7 Å². The summed E-state index contributed by atoms with van der Waals surface area (Å²) in [6.45, 7) is 0. The summed E-state index contributed by atoms with van der Waals surface area (Å²) in [5.41, 5.74) is 0.830. The van der Waals surface area contributed by atoms with Crippen LogP contribution in [0.4, 0.5) is 5.69 Å². The van der Waals surface area contributed by atoms with Gasteiger partial charge in [0.05, 0.1) is 25.5 Å². The second-order valence-electron chi connectivity index (χ2n) is 4.19. The maximum Gasteiger partial charge on any atom is 0.339 e. The molecule has 0 N–H and O–H groups in total. The molecule has 0 aliphatic carbocycles. The van der Waals surface area contributed by atoms with E-state index in [1.54, 1.807) is 42.8 Å². The van der Waals surface area contributed by atoms with Gasteiger partial charge in [-0.15, -0.1) is 11.3 Å². The van der Waals surface area contributed by atoms with Crippen LogP contribution >= 0.6 is 11.3 Å². The number of amides is 1. The van der Waals surface area contributed by atoms with Crippen molar-refractivity contribution in [1.29, 1.82) is 0 Å². The molecular formula is C15H15NO4S. The number of nitrogens with zero attached hydrogens (tertiary/aromatic N) is 1. The summed E-state index contributed by atoms with van der Waals surface area (Å²) in [5, 5.41) is 1.78. The van der Waals surface area contributed by atoms with Crippen LogP contribution in [0.3, 0.4) is 0 Å². The minimum Gasteiger partial charge on any atom is -0.495 e. The molecule has 110 valence electrons. The molecule has 1 amide bonds. The average Bonchev–Trinajstić information content (AvgIpc) is 3.01. The van der Waals surface area contributed by atoms with Gasteiger partial charge in [-0.1, -0.05) is 12.1 Å². The molecule has 0 saturated carbocycles. The van der Waals surface area contributed by atoms with Crippen molar-refractivity contribution in [2.24, 2.45) is 0 Å². The van der Waals surface area contributed by atoms with Gasteiger partial charge in [0.1, 0.15) is 10.6 Å². The molecule has 0 aliphatic rings. The van der Waals surface area contributed by atoms with Crippen molar-refractivity contribution in [2.75, 3.05) is 26.2 Å². The molecule has 1 aromatic heterocycles. The smallest absolute Gasteiger partial charge is 0.339 e. The van der Waals surface area contributed by atoms with Crippen molar-refractivity contribution in [2.45, 2.75) is 0 Å². The summed E-state index contributed by atoms with van der Waals surface area (Å²) in [6.07, 6.45) is 0. The summed E-state index contributed by atoms with van der Waals surface area (Å²) in [4.78, 5) is 26.2. The number of para-hydroxylation sites is 1. The van der Waals surface area contributed by atoms with Gasteiger partial charge in [0.25, 0.3) is 5.91 Å². The van der Waals surface area contributed by atoms with E-state index in [9.17, 15) is 9.59 Å². The lowest BCUT2D eigenvalue weighted by Crippen LogP contribution is -2.27. The number of carbonyl (C=O) groups is 2. The minimum atomic E-state index is -0.483. The third-order valence-electron chi connectivity index (χ3n) is 3.02. The van der Waals surface area contributed by atoms with Crippen molar-refractivity contribution >= 4 is 28.9 Å². The van der Waals surface area contributed by atoms with E-state index in [0.717, 1.165) is 0 Å². The Hall–Kier alpha value is -2.34. The van der Waals surface area contributed by atoms with Crippen molar-refractivity contribution in [3.63, 3.8) is 0 Å². The molecular weight excluding hydrogens is 290 g/mol. The molecule has 1 heterocycles. The van der Waals surface area contributed by atoms with E-state index in [1.807, 2.05) is 0 Å². The number of thiophene rings is 1. The summed E-state index contributed by atoms with van der Waals surface area (Å²) in [6, 6.07) is 8.54. The third kappa shape index (κ3) is 2.90. The van der Waals surface area contributed by atoms with Crippen LogP contribution in [0, 0.1) is 0 Å². The summed E-state index contributed by atoms with van der Waals surface area (Å²) >= 11 is 1.29. The molecule has 0 bridgehead atoms. The van der Waals surface area contributed by atoms with Gasteiger partial charge < -0.3 is 14.4 Å². The van der Waals surface area contributed by atoms with Crippen molar-refractivity contribution in [1.82, 2.24) is 0 Å². The van der Waals surface area contributed by atoms with Gasteiger partial charge in [0.15, 0.2) is 0 Å². The van der Waals surface area contributed by atoms with Gasteiger partial charge in [-0.05, 0) is 23.6 Å². The summed E-state index contributed by atoms with van der Waals surface area (Å²) in [5.74, 6) is -0.200. The fourth-order valence-corrected chi connectivity index (χ4v) is 2.76. The lowest BCUT2D eigenvalue weighted by atomic mass is 10.1. The average molecular weight is 305 g/mol. The number of ether oxygens (including phenoxy) is 2. The zero-order valence-electron chi connectivity index (χ0n) is 12.0. The minimum absolute atomic E-state index is 0.238. The van der Waals surface area contributed by atoms with Crippen LogP contribution in [-0.4, -0.2) is 33.1 Å². The first-order chi connectivity index (χ1) is 10.1. The molecule has 0 spiro atoms. The van der Waals surface area contributed by atoms with Crippen molar-refractivity contribution in [3.8, 4) is 5.75 Å². The van der Waals surface area contributed by atoms with Gasteiger partial charge in [-0.3, -0.25) is 4.79 Å². The van der Waals surface area contributed by atoms with E-state index >= 15 is 0 Å². The first-order valence-electron chi connectivity index (χ1n) is 6.17. The largest absolute Gasteiger partial charge is 0.495 e. The normalized spacial score (nSPS) is 10.0. The Kier molecular flexibility index (Phi) is 4.59. The Labute approximate surface area is 126 Å². The Morgan fingerprint density at radius 3 is 2.52 bits per heavy atom. The Bertz CT molecular complexity index is 665. The molecule has 0 fully saturated rings. The van der Waals surface area contributed by atoms with Gasteiger partial charge in [-0.25, -0.2) is 4.79 Å². The van der Waals surface area contributed by atoms with E-state index in [0.29, 0.717) is 21.9 Å². The molecule has 0 radical (unpaired) electrons. The second kappa shape index (κ2) is 6.41. The Morgan fingerprint density at radius 1 is 1.14 bits per heavy atom. The SMILES string of the molecule is COC(=O)c1ccccc1N(C)C(=O)c1sccc1OC. The molecule has 2 rings (SSSR count). The maximum atomic E-state index is 12.6. The molecule has 2 aromatic rings. The summed E-state index contributed by atoms with van der Waals surface area (Å²) in [7, 11) is 4.44. The van der Waals surface area contributed by atoms with Crippen LogP contribution in [0.2, 0.25) is 0 Å². The maximum absolute atomic E-state index is 12.6. The van der Waals surface area contributed by atoms with Gasteiger partial charge in [0, 0.05) is 7.05 Å². The fraction of sp³-hybridized carbons (Fsp3) is 0.200. The van der Waals surface area contributed by atoms with E-state index in [2.05, 4.69) is 0 Å². The van der Waals surface area contributed by atoms with Crippen molar-refractivity contribution in [3.05, 3.63) is 46.2 Å². The molecule has 21 heavy (non-hydrogen) atoms. The monoisotopic (exact) mass is 305 g/mol. The number of hydrogen-bond donors (Lipinski definition) is 0. The zero-order valence-corrected chi connectivity index (χ0v) is 12.8. The zero-order chi connectivity index (χ0) is 15.4. The highest BCUT2D eigenvalue weighted by Gasteiger charge is 2.23. The van der Waals surface area contributed by atoms with Crippen molar-refractivity contribution < 1.29 is 19.1 Å². The number of carbonyl (C=O) groups excluding carboxylic acids is 2. The van der Waals surface area contributed by atoms with E-state index in [1.165, 1.54) is 30.5 Å². The summed E-state index contributed by atoms with van der Waals surface area (Å²) < 4.78 is 9.91. The van der Waals surface area contributed by atoms with E-state index in [4.69, 9.17) is 9.47 Å². The van der Waals surface area contributed by atoms with Crippen LogP contribution in [0.25, 0.3) is 0 Å². The Balaban J connectivity index is 2.38. The highest BCUT2D eigenvalue weighted by atomic mass is 32.1. The quantitative estimate of drug-likeness (QED) is 0.815. The number of hydrogen-bond acceptors (Lipinski definition) is 5. The molecule has 6 heteroatoms. The molecule has 0 aliphatic heterocycles. The molecule has 0 unspecified atom stereocenters. The highest BCUT2D eigenvalue weighted by molar-refractivity contribution is 7.12. The Morgan fingerprint density at radius 2 is 1.86 bits per heavy atom. The predicted octanol–water partition coefficient (Wildman–Crippen LogP) is 2.82. The number of esters is 1. The first-order valence-corrected chi connectivity index (χ1v) is 7.05. The predicted molar refractivity (Wildman–Crippen MR) is 81.4 cm³/mol. The van der Waals surface area contributed by atoms with Gasteiger partial charge >= 0.3 is 5.97 Å². The van der Waals surface area contributed by atoms with Crippen LogP contribution < -0.4 is 9.64 Å². The van der Waals surface area contributed by atoms with E-state index in [-0.39, 0.29) is 5.91 Å². The fourth-order valence-electron chi connectivity index (χ4n) is 1.92. The molecule has 5 nitrogen and oxygen atoms in total. The number of methoxy groups -OCH3 is 2. The van der Waals surface area contributed by atoms with Gasteiger partial charge in [0.2, 0.25) is 0 Å². The van der Waals surface area contributed by atoms with Gasteiger partial charge in [-0.2, -0.15) is 0 Å². The van der Waals surface area contributed by atoms with Crippen LogP contribution in [0.1, 0.15) is 20.0 Å². The first kappa shape index (κ1) is 15.1. The second-order valence-corrected chi connectivity index (χ2v) is 5.11. The number of benzene rings is 1. The standard InChI is InChI=1S/C15H15NO4S/c1-16(14(17)13-12(19-2)8-9-21-13)11-7-5-4-6-10(11)15(18)20-3/h4-9H,1-3H3. The number of anilines is 1. The van der Waals surface area contributed by atoms with Crippen LogP contribution in [-0.2, 0) is 4.74 Å². The molecule has 1 aromatic carbocycles.